The molecule has 0 saturated carbocycles. The SMILES string of the molecule is COC(=O)C1=C(C)NC(=O)NC1c1ccc(OCc2ccc(F)cc2)cc1. The van der Waals surface area contributed by atoms with Crippen LogP contribution >= 0.6 is 0 Å². The van der Waals surface area contributed by atoms with Crippen molar-refractivity contribution in [3.05, 3.63) is 76.7 Å². The van der Waals surface area contributed by atoms with E-state index in [2.05, 4.69) is 10.6 Å². The topological polar surface area (TPSA) is 76.7 Å². The second-order valence-electron chi connectivity index (χ2n) is 6.05. The number of rotatable bonds is 5. The van der Waals surface area contributed by atoms with Crippen molar-refractivity contribution in [1.82, 2.24) is 10.6 Å². The number of ether oxygens (including phenoxy) is 2. The fraction of sp³-hybridized carbons (Fsp3) is 0.200. The van der Waals surface area contributed by atoms with Crippen molar-refractivity contribution in [3.63, 3.8) is 0 Å². The Labute approximate surface area is 156 Å². The molecule has 140 valence electrons. The summed E-state index contributed by atoms with van der Waals surface area (Å²) in [7, 11) is 1.29. The van der Waals surface area contributed by atoms with E-state index in [0.29, 0.717) is 23.6 Å². The summed E-state index contributed by atoms with van der Waals surface area (Å²) in [6.45, 7) is 1.95. The molecule has 0 spiro atoms. The molecule has 7 heteroatoms. The maximum absolute atomic E-state index is 12.9. The number of nitrogens with one attached hydrogen (secondary N) is 2. The molecule has 1 unspecified atom stereocenters. The third-order valence-corrected chi connectivity index (χ3v) is 4.21. The van der Waals surface area contributed by atoms with Crippen LogP contribution in [-0.2, 0) is 16.1 Å². The first-order valence-electron chi connectivity index (χ1n) is 8.31. The number of amides is 2. The average molecular weight is 370 g/mol. The summed E-state index contributed by atoms with van der Waals surface area (Å²) in [5.41, 5.74) is 2.36. The van der Waals surface area contributed by atoms with Gasteiger partial charge in [-0.25, -0.2) is 14.0 Å². The summed E-state index contributed by atoms with van der Waals surface area (Å²) in [5.74, 6) is -0.192. The number of carbonyl (C=O) groups is 2. The lowest BCUT2D eigenvalue weighted by Gasteiger charge is -2.27. The highest BCUT2D eigenvalue weighted by molar-refractivity contribution is 5.94. The lowest BCUT2D eigenvalue weighted by Crippen LogP contribution is -2.45. The van der Waals surface area contributed by atoms with Gasteiger partial charge < -0.3 is 20.1 Å². The Hall–Kier alpha value is -3.35. The molecule has 0 radical (unpaired) electrons. The van der Waals surface area contributed by atoms with Gasteiger partial charge in [-0.1, -0.05) is 24.3 Å². The monoisotopic (exact) mass is 370 g/mol. The van der Waals surface area contributed by atoms with Gasteiger partial charge in [0.15, 0.2) is 0 Å². The molecule has 2 aromatic carbocycles. The van der Waals surface area contributed by atoms with Crippen LogP contribution in [0.3, 0.4) is 0 Å². The molecule has 1 aliphatic rings. The predicted molar refractivity (Wildman–Crippen MR) is 96.3 cm³/mol. The van der Waals surface area contributed by atoms with Gasteiger partial charge in [-0.15, -0.1) is 0 Å². The summed E-state index contributed by atoms with van der Waals surface area (Å²) in [6, 6.07) is 12.1. The van der Waals surface area contributed by atoms with E-state index in [-0.39, 0.29) is 11.8 Å². The summed E-state index contributed by atoms with van der Waals surface area (Å²) < 4.78 is 23.4. The molecule has 1 aliphatic heterocycles. The van der Waals surface area contributed by atoms with Gasteiger partial charge in [-0.05, 0) is 42.3 Å². The molecule has 2 amide bonds. The Balaban J connectivity index is 1.75. The molecule has 0 fully saturated rings. The maximum Gasteiger partial charge on any atom is 0.337 e. The molecule has 0 aliphatic carbocycles. The van der Waals surface area contributed by atoms with Crippen LogP contribution in [0.2, 0.25) is 0 Å². The van der Waals surface area contributed by atoms with E-state index < -0.39 is 12.0 Å². The molecule has 6 nitrogen and oxygen atoms in total. The molecule has 0 aromatic heterocycles. The van der Waals surface area contributed by atoms with Crippen LogP contribution in [0, 0.1) is 5.82 Å². The van der Waals surface area contributed by atoms with Gasteiger partial charge in [0.05, 0.1) is 18.7 Å². The minimum Gasteiger partial charge on any atom is -0.489 e. The van der Waals surface area contributed by atoms with Crippen molar-refractivity contribution in [3.8, 4) is 5.75 Å². The molecular formula is C20H19FN2O4. The highest BCUT2D eigenvalue weighted by atomic mass is 19.1. The third-order valence-electron chi connectivity index (χ3n) is 4.21. The quantitative estimate of drug-likeness (QED) is 0.793. The highest BCUT2D eigenvalue weighted by Crippen LogP contribution is 2.28. The Bertz CT molecular complexity index is 876. The fourth-order valence-corrected chi connectivity index (χ4v) is 2.83. The van der Waals surface area contributed by atoms with E-state index in [1.165, 1.54) is 19.2 Å². The van der Waals surface area contributed by atoms with Crippen LogP contribution in [0.4, 0.5) is 9.18 Å². The molecule has 3 rings (SSSR count). The predicted octanol–water partition coefficient (Wildman–Crippen LogP) is 3.21. The Kier molecular flexibility index (Phi) is 5.40. The van der Waals surface area contributed by atoms with E-state index >= 15 is 0 Å². The van der Waals surface area contributed by atoms with Crippen molar-refractivity contribution in [2.45, 2.75) is 19.6 Å². The summed E-state index contributed by atoms with van der Waals surface area (Å²) in [5, 5.41) is 5.30. The minimum absolute atomic E-state index is 0.295. The van der Waals surface area contributed by atoms with E-state index in [4.69, 9.17) is 9.47 Å². The number of hydrogen-bond acceptors (Lipinski definition) is 4. The second kappa shape index (κ2) is 7.90. The normalized spacial score (nSPS) is 16.4. The fourth-order valence-electron chi connectivity index (χ4n) is 2.83. The van der Waals surface area contributed by atoms with E-state index in [0.717, 1.165) is 11.1 Å². The van der Waals surface area contributed by atoms with Gasteiger partial charge in [0, 0.05) is 5.70 Å². The number of benzene rings is 2. The number of carbonyl (C=O) groups excluding carboxylic acids is 2. The Morgan fingerprint density at radius 1 is 1.11 bits per heavy atom. The maximum atomic E-state index is 12.9. The van der Waals surface area contributed by atoms with Crippen molar-refractivity contribution in [2.24, 2.45) is 0 Å². The van der Waals surface area contributed by atoms with Gasteiger partial charge >= 0.3 is 12.0 Å². The number of hydrogen-bond donors (Lipinski definition) is 2. The lowest BCUT2D eigenvalue weighted by molar-refractivity contribution is -0.136. The van der Waals surface area contributed by atoms with Gasteiger partial charge in [0.1, 0.15) is 18.2 Å². The van der Waals surface area contributed by atoms with Crippen LogP contribution in [0.1, 0.15) is 24.1 Å². The lowest BCUT2D eigenvalue weighted by atomic mass is 9.95. The van der Waals surface area contributed by atoms with Gasteiger partial charge in [-0.3, -0.25) is 0 Å². The van der Waals surface area contributed by atoms with E-state index in [1.807, 2.05) is 0 Å². The van der Waals surface area contributed by atoms with Crippen molar-refractivity contribution >= 4 is 12.0 Å². The zero-order valence-electron chi connectivity index (χ0n) is 14.9. The smallest absolute Gasteiger partial charge is 0.337 e. The van der Waals surface area contributed by atoms with Crippen LogP contribution in [-0.4, -0.2) is 19.1 Å². The number of allylic oxidation sites excluding steroid dienone is 1. The van der Waals surface area contributed by atoms with E-state index in [9.17, 15) is 14.0 Å². The molecule has 1 atom stereocenters. The first-order chi connectivity index (χ1) is 13.0. The first kappa shape index (κ1) is 18.4. The molecule has 1 heterocycles. The number of urea groups is 1. The molecule has 0 bridgehead atoms. The molecular weight excluding hydrogens is 351 g/mol. The number of methoxy groups -OCH3 is 1. The minimum atomic E-state index is -0.614. The average Bonchev–Trinajstić information content (AvgIpc) is 2.67. The Morgan fingerprint density at radius 2 is 1.78 bits per heavy atom. The third kappa shape index (κ3) is 4.25. The van der Waals surface area contributed by atoms with Crippen molar-refractivity contribution in [1.29, 1.82) is 0 Å². The standard InChI is InChI=1S/C20H19FN2O4/c1-12-17(19(24)26-2)18(23-20(25)22-12)14-5-9-16(10-6-14)27-11-13-3-7-15(21)8-4-13/h3-10,18H,11H2,1-2H3,(H2,22,23,25). The molecule has 0 saturated heterocycles. The summed E-state index contributed by atoms with van der Waals surface area (Å²) in [4.78, 5) is 23.9. The zero-order chi connectivity index (χ0) is 19.4. The Morgan fingerprint density at radius 3 is 2.41 bits per heavy atom. The molecule has 2 aromatic rings. The van der Waals surface area contributed by atoms with Gasteiger partial charge in [0.25, 0.3) is 0 Å². The van der Waals surface area contributed by atoms with Gasteiger partial charge in [0.2, 0.25) is 0 Å². The number of esters is 1. The molecule has 27 heavy (non-hydrogen) atoms. The van der Waals surface area contributed by atoms with Crippen LogP contribution < -0.4 is 15.4 Å². The first-order valence-corrected chi connectivity index (χ1v) is 8.31. The summed E-state index contributed by atoms with van der Waals surface area (Å²) in [6.07, 6.45) is 0. The second-order valence-corrected chi connectivity index (χ2v) is 6.05. The zero-order valence-corrected chi connectivity index (χ0v) is 14.9. The van der Waals surface area contributed by atoms with E-state index in [1.54, 1.807) is 43.3 Å². The van der Waals surface area contributed by atoms with Gasteiger partial charge in [-0.2, -0.15) is 0 Å². The van der Waals surface area contributed by atoms with Crippen molar-refractivity contribution in [2.75, 3.05) is 7.11 Å². The summed E-state index contributed by atoms with van der Waals surface area (Å²) >= 11 is 0. The van der Waals surface area contributed by atoms with Crippen LogP contribution in [0.5, 0.6) is 5.75 Å². The highest BCUT2D eigenvalue weighted by Gasteiger charge is 2.31. The van der Waals surface area contributed by atoms with Crippen LogP contribution in [0.25, 0.3) is 0 Å². The molecule has 2 N–H and O–H groups in total. The van der Waals surface area contributed by atoms with Crippen molar-refractivity contribution < 1.29 is 23.5 Å². The largest absolute Gasteiger partial charge is 0.489 e. The number of halogens is 1. The van der Waals surface area contributed by atoms with Crippen LogP contribution in [0.15, 0.2) is 59.8 Å².